The number of carboxylic acids is 1. The summed E-state index contributed by atoms with van der Waals surface area (Å²) in [6.07, 6.45) is -5.63. The Balaban J connectivity index is 2.25. The first-order valence-corrected chi connectivity index (χ1v) is 8.94. The Bertz CT molecular complexity index is 1000. The first-order valence-electron chi connectivity index (χ1n) is 8.94. The molecule has 166 valence electrons. The molecule has 1 aromatic heterocycles. The molecule has 2 amide bonds. The van der Waals surface area contributed by atoms with Crippen molar-refractivity contribution in [3.63, 3.8) is 0 Å². The molecule has 0 aliphatic carbocycles. The van der Waals surface area contributed by atoms with E-state index in [0.29, 0.717) is 0 Å². The zero-order valence-electron chi connectivity index (χ0n) is 16.8. The van der Waals surface area contributed by atoms with E-state index in [1.807, 2.05) is 0 Å². The van der Waals surface area contributed by atoms with Crippen molar-refractivity contribution in [2.75, 3.05) is 5.32 Å². The van der Waals surface area contributed by atoms with Gasteiger partial charge < -0.3 is 20.5 Å². The highest BCUT2D eigenvalue weighted by Gasteiger charge is 2.33. The summed E-state index contributed by atoms with van der Waals surface area (Å²) >= 11 is 0. The summed E-state index contributed by atoms with van der Waals surface area (Å²) in [6, 6.07) is 6.87. The third kappa shape index (κ3) is 7.28. The van der Waals surface area contributed by atoms with Gasteiger partial charge in [0.15, 0.2) is 0 Å². The van der Waals surface area contributed by atoms with Crippen LogP contribution in [0.4, 0.5) is 23.8 Å². The van der Waals surface area contributed by atoms with Crippen molar-refractivity contribution in [1.29, 1.82) is 0 Å². The van der Waals surface area contributed by atoms with Gasteiger partial charge in [0.05, 0.1) is 5.56 Å². The molecule has 11 heteroatoms. The molecule has 0 aliphatic rings. The van der Waals surface area contributed by atoms with Crippen LogP contribution in [0.15, 0.2) is 36.4 Å². The number of aromatic carboxylic acids is 1. The number of hydrogen-bond donors (Lipinski definition) is 3. The van der Waals surface area contributed by atoms with Gasteiger partial charge >= 0.3 is 18.2 Å². The van der Waals surface area contributed by atoms with Crippen molar-refractivity contribution < 1.29 is 37.4 Å². The summed E-state index contributed by atoms with van der Waals surface area (Å²) in [5, 5.41) is 13.6. The molecule has 0 unspecified atom stereocenters. The summed E-state index contributed by atoms with van der Waals surface area (Å²) in [7, 11) is 0. The zero-order valence-corrected chi connectivity index (χ0v) is 16.8. The van der Waals surface area contributed by atoms with Gasteiger partial charge in [0.1, 0.15) is 17.1 Å². The maximum atomic E-state index is 13.2. The van der Waals surface area contributed by atoms with Crippen LogP contribution in [0, 0.1) is 0 Å². The van der Waals surface area contributed by atoms with E-state index in [9.17, 15) is 27.6 Å². The first kappa shape index (κ1) is 23.6. The molecule has 2 aromatic rings. The second-order valence-electron chi connectivity index (χ2n) is 7.44. The molecule has 31 heavy (non-hydrogen) atoms. The normalized spacial score (nSPS) is 11.5. The number of halogens is 3. The molecule has 0 aliphatic heterocycles. The number of aromatic nitrogens is 1. The Morgan fingerprint density at radius 1 is 1.06 bits per heavy atom. The molecule has 0 spiro atoms. The van der Waals surface area contributed by atoms with Gasteiger partial charge in [-0.3, -0.25) is 4.79 Å². The van der Waals surface area contributed by atoms with Crippen LogP contribution in [0.3, 0.4) is 0 Å². The number of alkyl carbamates (subject to hydrolysis) is 1. The fraction of sp³-hybridized carbons (Fsp3) is 0.300. The quantitative estimate of drug-likeness (QED) is 0.646. The number of rotatable bonds is 5. The van der Waals surface area contributed by atoms with E-state index < -0.39 is 41.3 Å². The van der Waals surface area contributed by atoms with Gasteiger partial charge in [-0.25, -0.2) is 14.6 Å². The van der Waals surface area contributed by atoms with Gasteiger partial charge in [0, 0.05) is 12.1 Å². The summed E-state index contributed by atoms with van der Waals surface area (Å²) < 4.78 is 44.7. The highest BCUT2D eigenvalue weighted by atomic mass is 19.4. The molecule has 0 fully saturated rings. The minimum Gasteiger partial charge on any atom is -0.478 e. The van der Waals surface area contributed by atoms with Crippen molar-refractivity contribution in [2.24, 2.45) is 0 Å². The van der Waals surface area contributed by atoms with Gasteiger partial charge in [-0.05, 0) is 56.7 Å². The number of pyridine rings is 1. The maximum Gasteiger partial charge on any atom is 0.433 e. The number of amides is 2. The highest BCUT2D eigenvalue weighted by molar-refractivity contribution is 6.05. The smallest absolute Gasteiger partial charge is 0.433 e. The lowest BCUT2D eigenvalue weighted by Gasteiger charge is -2.20. The lowest BCUT2D eigenvalue weighted by molar-refractivity contribution is -0.141. The number of ether oxygens (including phenoxy) is 1. The van der Waals surface area contributed by atoms with E-state index in [2.05, 4.69) is 15.6 Å². The Hall–Kier alpha value is -3.63. The molecule has 1 aromatic carbocycles. The van der Waals surface area contributed by atoms with Crippen molar-refractivity contribution in [2.45, 2.75) is 39.1 Å². The summed E-state index contributed by atoms with van der Waals surface area (Å²) in [5.41, 5.74) is -2.28. The van der Waals surface area contributed by atoms with Crippen LogP contribution in [-0.2, 0) is 17.5 Å². The predicted molar refractivity (Wildman–Crippen MR) is 104 cm³/mol. The highest BCUT2D eigenvalue weighted by Crippen LogP contribution is 2.29. The average Bonchev–Trinajstić information content (AvgIpc) is 2.64. The van der Waals surface area contributed by atoms with Gasteiger partial charge in [-0.1, -0.05) is 6.07 Å². The van der Waals surface area contributed by atoms with Crippen molar-refractivity contribution >= 4 is 23.8 Å². The van der Waals surface area contributed by atoms with Gasteiger partial charge in [-0.15, -0.1) is 0 Å². The van der Waals surface area contributed by atoms with E-state index >= 15 is 0 Å². The second-order valence-corrected chi connectivity index (χ2v) is 7.44. The number of carbonyl (C=O) groups is 3. The van der Waals surface area contributed by atoms with E-state index in [1.54, 1.807) is 20.8 Å². The SMILES string of the molecule is CC(C)(C)OC(=O)NCc1cc(NC(=O)c2cccc(C(=O)O)c2)nc(C(F)(F)F)c1. The van der Waals surface area contributed by atoms with Crippen LogP contribution < -0.4 is 10.6 Å². The van der Waals surface area contributed by atoms with Crippen LogP contribution in [0.25, 0.3) is 0 Å². The van der Waals surface area contributed by atoms with Crippen molar-refractivity contribution in [1.82, 2.24) is 10.3 Å². The van der Waals surface area contributed by atoms with Crippen LogP contribution in [0.1, 0.15) is 52.7 Å². The number of carbonyl (C=O) groups excluding carboxylic acids is 2. The molecule has 0 saturated carbocycles. The Morgan fingerprint density at radius 2 is 1.71 bits per heavy atom. The summed E-state index contributed by atoms with van der Waals surface area (Å²) in [4.78, 5) is 38.6. The lowest BCUT2D eigenvalue weighted by atomic mass is 10.1. The average molecular weight is 439 g/mol. The largest absolute Gasteiger partial charge is 0.478 e. The van der Waals surface area contributed by atoms with Crippen molar-refractivity contribution in [3.05, 3.63) is 58.8 Å². The number of anilines is 1. The molecule has 0 saturated heterocycles. The van der Waals surface area contributed by atoms with Crippen molar-refractivity contribution in [3.8, 4) is 0 Å². The van der Waals surface area contributed by atoms with Crippen LogP contribution in [0.5, 0.6) is 0 Å². The number of alkyl halides is 3. The number of carboxylic acid groups (broad SMARTS) is 1. The Kier molecular flexibility index (Phi) is 6.88. The second kappa shape index (κ2) is 9.02. The zero-order chi connectivity index (χ0) is 23.4. The third-order valence-corrected chi connectivity index (χ3v) is 3.62. The first-order chi connectivity index (χ1) is 14.2. The molecule has 0 bridgehead atoms. The molecule has 8 nitrogen and oxygen atoms in total. The topological polar surface area (TPSA) is 118 Å². The fourth-order valence-corrected chi connectivity index (χ4v) is 2.37. The Labute approximate surface area is 175 Å². The Morgan fingerprint density at radius 3 is 2.29 bits per heavy atom. The molecule has 2 rings (SSSR count). The molecule has 0 radical (unpaired) electrons. The monoisotopic (exact) mass is 439 g/mol. The third-order valence-electron chi connectivity index (χ3n) is 3.62. The number of nitrogens with one attached hydrogen (secondary N) is 2. The van der Waals surface area contributed by atoms with Gasteiger partial charge in [0.25, 0.3) is 5.91 Å². The van der Waals surface area contributed by atoms with E-state index in [1.165, 1.54) is 18.2 Å². The van der Waals surface area contributed by atoms with E-state index in [-0.39, 0.29) is 23.2 Å². The number of hydrogen-bond acceptors (Lipinski definition) is 5. The van der Waals surface area contributed by atoms with Crippen LogP contribution in [0.2, 0.25) is 0 Å². The van der Waals surface area contributed by atoms with E-state index in [4.69, 9.17) is 9.84 Å². The molecule has 3 N–H and O–H groups in total. The maximum absolute atomic E-state index is 13.2. The van der Waals surface area contributed by atoms with Crippen LogP contribution in [-0.4, -0.2) is 33.7 Å². The minimum atomic E-state index is -4.80. The van der Waals surface area contributed by atoms with Gasteiger partial charge in [-0.2, -0.15) is 13.2 Å². The number of nitrogens with zero attached hydrogens (tertiary/aromatic N) is 1. The lowest BCUT2D eigenvalue weighted by Crippen LogP contribution is -2.32. The van der Waals surface area contributed by atoms with Gasteiger partial charge in [0.2, 0.25) is 0 Å². The standard InChI is InChI=1S/C20H20F3N3O5/c1-19(2,3)31-18(30)24-10-11-7-14(20(21,22)23)25-15(8-11)26-16(27)12-5-4-6-13(9-12)17(28)29/h4-9H,10H2,1-3H3,(H,24,30)(H,28,29)(H,25,26,27). The summed E-state index contributed by atoms with van der Waals surface area (Å²) in [6.45, 7) is 4.59. The molecule has 1 heterocycles. The molecular formula is C20H20F3N3O5. The summed E-state index contributed by atoms with van der Waals surface area (Å²) in [5.74, 6) is -2.52. The molecular weight excluding hydrogens is 419 g/mol. The predicted octanol–water partition coefficient (Wildman–Crippen LogP) is 4.08. The number of benzene rings is 1. The molecule has 0 atom stereocenters. The minimum absolute atomic E-state index is 0.0165. The van der Waals surface area contributed by atoms with E-state index in [0.717, 1.165) is 18.2 Å². The fourth-order valence-electron chi connectivity index (χ4n) is 2.37. The van der Waals surface area contributed by atoms with Crippen LogP contribution >= 0.6 is 0 Å².